The van der Waals surface area contributed by atoms with Crippen LogP contribution in [0.25, 0.3) is 22.2 Å². The maximum Gasteiger partial charge on any atom is 0.336 e. The van der Waals surface area contributed by atoms with Crippen LogP contribution in [-0.4, -0.2) is 42.9 Å². The highest BCUT2D eigenvalue weighted by atomic mass is 32.2. The summed E-state index contributed by atoms with van der Waals surface area (Å²) in [6, 6.07) is 7.86. The van der Waals surface area contributed by atoms with Crippen molar-refractivity contribution in [3.63, 3.8) is 0 Å². The average Bonchev–Trinajstić information content (AvgIpc) is 2.91. The van der Waals surface area contributed by atoms with Crippen molar-refractivity contribution in [1.82, 2.24) is 9.29 Å². The molecule has 0 radical (unpaired) electrons. The van der Waals surface area contributed by atoms with Gasteiger partial charge in [0.15, 0.2) is 0 Å². The lowest BCUT2D eigenvalue weighted by Gasteiger charge is -2.13. The Morgan fingerprint density at radius 2 is 1.85 bits per heavy atom. The molecule has 2 heterocycles. The van der Waals surface area contributed by atoms with Crippen molar-refractivity contribution in [3.8, 4) is 11.3 Å². The van der Waals surface area contributed by atoms with Crippen molar-refractivity contribution in [2.24, 2.45) is 0 Å². The van der Waals surface area contributed by atoms with Crippen LogP contribution in [-0.2, 0) is 10.0 Å². The predicted molar refractivity (Wildman–Crippen MR) is 102 cm³/mol. The summed E-state index contributed by atoms with van der Waals surface area (Å²) in [5.41, 5.74) is 1.94. The Morgan fingerprint density at radius 3 is 2.38 bits per heavy atom. The number of aromatic nitrogens is 1. The molecule has 136 valence electrons. The largest absolute Gasteiger partial charge is 0.478 e. The van der Waals surface area contributed by atoms with Crippen molar-refractivity contribution in [2.75, 3.05) is 14.1 Å². The van der Waals surface area contributed by atoms with Gasteiger partial charge < -0.3 is 5.11 Å². The van der Waals surface area contributed by atoms with Crippen LogP contribution in [0.2, 0.25) is 0 Å². The minimum atomic E-state index is -3.66. The Hall–Kier alpha value is -2.29. The van der Waals surface area contributed by atoms with Gasteiger partial charge in [0.2, 0.25) is 10.0 Å². The summed E-state index contributed by atoms with van der Waals surface area (Å²) in [6.07, 6.45) is 0. The van der Waals surface area contributed by atoms with Gasteiger partial charge in [-0.1, -0.05) is 0 Å². The molecule has 0 bridgehead atoms. The molecule has 0 unspecified atom stereocenters. The second-order valence-electron chi connectivity index (χ2n) is 6.15. The van der Waals surface area contributed by atoms with E-state index in [1.165, 1.54) is 32.3 Å². The molecule has 0 spiro atoms. The molecule has 1 N–H and O–H groups in total. The number of carbonyl (C=O) groups is 1. The standard InChI is InChI=1S/C18H18N2O4S2/c1-10-7-13(11(2)25-10)17-9-15(18(21)22)14-8-12(5-6-16(14)19-17)26(23,24)20(3)4/h5-9H,1-4H3,(H,21,22). The monoisotopic (exact) mass is 390 g/mol. The molecule has 6 nitrogen and oxygen atoms in total. The van der Waals surface area contributed by atoms with Gasteiger partial charge in [-0.25, -0.2) is 22.5 Å². The number of sulfonamides is 1. The van der Waals surface area contributed by atoms with Gasteiger partial charge in [-0.2, -0.15) is 0 Å². The summed E-state index contributed by atoms with van der Waals surface area (Å²) in [5, 5.41) is 9.95. The number of pyridine rings is 1. The van der Waals surface area contributed by atoms with Gasteiger partial charge in [-0.15, -0.1) is 11.3 Å². The minimum Gasteiger partial charge on any atom is -0.478 e. The highest BCUT2D eigenvalue weighted by molar-refractivity contribution is 7.89. The number of hydrogen-bond donors (Lipinski definition) is 1. The first-order chi connectivity index (χ1) is 12.1. The number of nitrogens with zero attached hydrogens (tertiary/aromatic N) is 2. The highest BCUT2D eigenvalue weighted by Gasteiger charge is 2.21. The number of hydrogen-bond acceptors (Lipinski definition) is 5. The fraction of sp³-hybridized carbons (Fsp3) is 0.222. The number of fused-ring (bicyclic) bond motifs is 1. The first-order valence-corrected chi connectivity index (χ1v) is 10.0. The lowest BCUT2D eigenvalue weighted by Crippen LogP contribution is -2.22. The Morgan fingerprint density at radius 1 is 1.15 bits per heavy atom. The number of rotatable bonds is 4. The fourth-order valence-corrected chi connectivity index (χ4v) is 4.64. The van der Waals surface area contributed by atoms with Crippen molar-refractivity contribution < 1.29 is 18.3 Å². The molecular formula is C18H18N2O4S2. The maximum absolute atomic E-state index is 12.4. The molecule has 0 aliphatic heterocycles. The first-order valence-electron chi connectivity index (χ1n) is 7.79. The molecule has 0 amide bonds. The zero-order valence-electron chi connectivity index (χ0n) is 14.8. The maximum atomic E-state index is 12.4. The van der Waals surface area contributed by atoms with Crippen molar-refractivity contribution in [3.05, 3.63) is 45.6 Å². The lowest BCUT2D eigenvalue weighted by molar-refractivity contribution is 0.0699. The van der Waals surface area contributed by atoms with Crippen molar-refractivity contribution >= 4 is 38.2 Å². The summed E-state index contributed by atoms with van der Waals surface area (Å²) >= 11 is 1.62. The fourth-order valence-electron chi connectivity index (χ4n) is 2.78. The second-order valence-corrected chi connectivity index (χ2v) is 9.77. The van der Waals surface area contributed by atoms with E-state index in [2.05, 4.69) is 4.98 Å². The summed E-state index contributed by atoms with van der Waals surface area (Å²) in [5.74, 6) is -1.12. The summed E-state index contributed by atoms with van der Waals surface area (Å²) in [7, 11) is -0.800. The average molecular weight is 390 g/mol. The van der Waals surface area contributed by atoms with Gasteiger partial charge in [-0.3, -0.25) is 0 Å². The molecule has 1 aromatic carbocycles. The van der Waals surface area contributed by atoms with Crippen LogP contribution in [0.15, 0.2) is 35.2 Å². The van der Waals surface area contributed by atoms with Crippen LogP contribution >= 0.6 is 11.3 Å². The Kier molecular flexibility index (Phi) is 4.60. The van der Waals surface area contributed by atoms with Crippen molar-refractivity contribution in [2.45, 2.75) is 18.7 Å². The summed E-state index contributed by atoms with van der Waals surface area (Å²) in [4.78, 5) is 18.6. The van der Waals surface area contributed by atoms with E-state index in [1.54, 1.807) is 17.4 Å². The topological polar surface area (TPSA) is 87.6 Å². The summed E-state index contributed by atoms with van der Waals surface area (Å²) in [6.45, 7) is 3.95. The third-order valence-electron chi connectivity index (χ3n) is 4.11. The number of thiophene rings is 1. The van der Waals surface area contributed by atoms with Gasteiger partial charge in [0.05, 0.1) is 21.7 Å². The van der Waals surface area contributed by atoms with Gasteiger partial charge in [0.25, 0.3) is 0 Å². The van der Waals surface area contributed by atoms with Gasteiger partial charge in [-0.05, 0) is 44.2 Å². The van der Waals surface area contributed by atoms with E-state index in [0.717, 1.165) is 19.6 Å². The molecule has 3 rings (SSSR count). The molecule has 0 atom stereocenters. The lowest BCUT2D eigenvalue weighted by atomic mass is 10.0. The van der Waals surface area contributed by atoms with E-state index in [9.17, 15) is 18.3 Å². The number of carboxylic acids is 1. The number of carboxylic acid groups (broad SMARTS) is 1. The SMILES string of the molecule is Cc1cc(-c2cc(C(=O)O)c3cc(S(=O)(=O)N(C)C)ccc3n2)c(C)s1. The minimum absolute atomic E-state index is 0.0315. The van der Waals surface area contributed by atoms with Crippen LogP contribution in [0.1, 0.15) is 20.1 Å². The van der Waals surface area contributed by atoms with Crippen LogP contribution in [0.3, 0.4) is 0 Å². The zero-order chi connectivity index (χ0) is 19.2. The number of benzene rings is 1. The first kappa shape index (κ1) is 18.5. The summed E-state index contributed by atoms with van der Waals surface area (Å²) < 4.78 is 25.8. The van der Waals surface area contributed by atoms with E-state index < -0.39 is 16.0 Å². The van der Waals surface area contributed by atoms with E-state index >= 15 is 0 Å². The molecule has 0 aliphatic carbocycles. The molecule has 0 saturated carbocycles. The Labute approximate surface area is 155 Å². The molecule has 26 heavy (non-hydrogen) atoms. The Bertz CT molecular complexity index is 1130. The van der Waals surface area contributed by atoms with Crippen LogP contribution in [0, 0.1) is 13.8 Å². The van der Waals surface area contributed by atoms with Gasteiger partial charge >= 0.3 is 5.97 Å². The Balaban J connectivity index is 2.30. The molecule has 0 aliphatic rings. The number of aryl methyl sites for hydroxylation is 2. The normalized spacial score (nSPS) is 12.0. The molecule has 0 saturated heterocycles. The quantitative estimate of drug-likeness (QED) is 0.736. The molecule has 2 aromatic heterocycles. The third-order valence-corrected chi connectivity index (χ3v) is 6.88. The van der Waals surface area contributed by atoms with Crippen LogP contribution < -0.4 is 0 Å². The van der Waals surface area contributed by atoms with Crippen LogP contribution in [0.4, 0.5) is 0 Å². The molecule has 0 fully saturated rings. The van der Waals surface area contributed by atoms with Crippen LogP contribution in [0.5, 0.6) is 0 Å². The van der Waals surface area contributed by atoms with E-state index in [0.29, 0.717) is 16.6 Å². The molecule has 8 heteroatoms. The molecular weight excluding hydrogens is 372 g/mol. The van der Waals surface area contributed by atoms with Crippen molar-refractivity contribution in [1.29, 1.82) is 0 Å². The second kappa shape index (κ2) is 6.46. The van der Waals surface area contributed by atoms with E-state index in [1.807, 2.05) is 19.9 Å². The number of aromatic carboxylic acids is 1. The van der Waals surface area contributed by atoms with E-state index in [4.69, 9.17) is 0 Å². The van der Waals surface area contributed by atoms with Gasteiger partial charge in [0.1, 0.15) is 0 Å². The predicted octanol–water partition coefficient (Wildman–Crippen LogP) is 3.53. The zero-order valence-corrected chi connectivity index (χ0v) is 16.4. The highest BCUT2D eigenvalue weighted by Crippen LogP contribution is 2.32. The van der Waals surface area contributed by atoms with E-state index in [-0.39, 0.29) is 10.5 Å². The third kappa shape index (κ3) is 3.11. The smallest absolute Gasteiger partial charge is 0.336 e. The van der Waals surface area contributed by atoms with Gasteiger partial charge in [0, 0.05) is 34.8 Å². The molecule has 3 aromatic rings.